The normalized spacial score (nSPS) is 15.6. The van der Waals surface area contributed by atoms with Crippen molar-refractivity contribution < 1.29 is 14.3 Å². The maximum absolute atomic E-state index is 11.8. The van der Waals surface area contributed by atoms with Crippen LogP contribution >= 0.6 is 12.2 Å². The smallest absolute Gasteiger partial charge is 0.242 e. The number of ether oxygens (including phenoxy) is 1. The highest BCUT2D eigenvalue weighted by Gasteiger charge is 2.29. The van der Waals surface area contributed by atoms with Gasteiger partial charge in [-0.1, -0.05) is 0 Å². The van der Waals surface area contributed by atoms with E-state index in [-0.39, 0.29) is 23.3 Å². The molecule has 0 saturated carbocycles. The van der Waals surface area contributed by atoms with Crippen LogP contribution in [0.15, 0.2) is 24.3 Å². The Bertz CT molecular complexity index is 479. The molecule has 5 nitrogen and oxygen atoms in total. The lowest BCUT2D eigenvalue weighted by Gasteiger charge is -2.27. The second kappa shape index (κ2) is 5.14. The van der Waals surface area contributed by atoms with Crippen molar-refractivity contribution in [3.05, 3.63) is 24.3 Å². The van der Waals surface area contributed by atoms with E-state index in [1.165, 1.54) is 4.90 Å². The number of nitrogens with zero attached hydrogens (tertiary/aromatic N) is 1. The number of hydrogen-bond donors (Lipinski definition) is 1. The van der Waals surface area contributed by atoms with Crippen LogP contribution in [0, 0.1) is 0 Å². The maximum atomic E-state index is 11.8. The van der Waals surface area contributed by atoms with Crippen LogP contribution in [0.1, 0.15) is 13.3 Å². The Morgan fingerprint density at radius 2 is 2.00 bits per heavy atom. The van der Waals surface area contributed by atoms with Crippen molar-refractivity contribution in [2.24, 2.45) is 0 Å². The van der Waals surface area contributed by atoms with E-state index in [1.54, 1.807) is 24.3 Å². The lowest BCUT2D eigenvalue weighted by molar-refractivity contribution is -0.127. The van der Waals surface area contributed by atoms with Gasteiger partial charge in [-0.05, 0) is 43.4 Å². The fraction of sp³-hybridized carbons (Fsp3) is 0.250. The third-order valence-corrected chi connectivity index (χ3v) is 2.70. The Morgan fingerprint density at radius 1 is 1.33 bits per heavy atom. The average Bonchev–Trinajstić information content (AvgIpc) is 2.30. The Kier molecular flexibility index (Phi) is 3.57. The van der Waals surface area contributed by atoms with E-state index < -0.39 is 0 Å². The molecule has 94 valence electrons. The van der Waals surface area contributed by atoms with E-state index in [0.29, 0.717) is 12.3 Å². The van der Waals surface area contributed by atoms with Gasteiger partial charge in [0.05, 0.1) is 12.3 Å². The van der Waals surface area contributed by atoms with Gasteiger partial charge in [-0.3, -0.25) is 14.5 Å². The summed E-state index contributed by atoms with van der Waals surface area (Å²) < 4.78 is 5.31. The molecule has 0 spiro atoms. The van der Waals surface area contributed by atoms with Crippen molar-refractivity contribution in [3.63, 3.8) is 0 Å². The average molecular weight is 264 g/mol. The highest BCUT2D eigenvalue weighted by molar-refractivity contribution is 7.80. The quantitative estimate of drug-likeness (QED) is 0.659. The zero-order valence-corrected chi connectivity index (χ0v) is 10.6. The summed E-state index contributed by atoms with van der Waals surface area (Å²) in [7, 11) is 0. The SMILES string of the molecule is CCOc1ccc(N2C(=O)CC(=O)NC2=S)cc1. The van der Waals surface area contributed by atoms with Gasteiger partial charge in [0.15, 0.2) is 5.11 Å². The van der Waals surface area contributed by atoms with Crippen molar-refractivity contribution >= 4 is 34.8 Å². The molecule has 0 radical (unpaired) electrons. The van der Waals surface area contributed by atoms with Crippen LogP contribution in [0.3, 0.4) is 0 Å². The van der Waals surface area contributed by atoms with Crippen LogP contribution in [0.2, 0.25) is 0 Å². The Balaban J connectivity index is 2.22. The molecule has 0 atom stereocenters. The molecule has 0 aliphatic carbocycles. The minimum atomic E-state index is -0.368. The number of nitrogens with one attached hydrogen (secondary N) is 1. The summed E-state index contributed by atoms with van der Waals surface area (Å²) in [6, 6.07) is 6.97. The largest absolute Gasteiger partial charge is 0.494 e. The molecule has 0 bridgehead atoms. The molecule has 0 aromatic heterocycles. The van der Waals surface area contributed by atoms with Gasteiger partial charge < -0.3 is 10.1 Å². The van der Waals surface area contributed by atoms with E-state index in [0.717, 1.165) is 5.75 Å². The fourth-order valence-corrected chi connectivity index (χ4v) is 1.99. The van der Waals surface area contributed by atoms with Crippen molar-refractivity contribution in [3.8, 4) is 5.75 Å². The van der Waals surface area contributed by atoms with Crippen LogP contribution in [0.4, 0.5) is 5.69 Å². The predicted molar refractivity (Wildman–Crippen MR) is 70.5 cm³/mol. The van der Waals surface area contributed by atoms with Gasteiger partial charge in [0, 0.05) is 0 Å². The first kappa shape index (κ1) is 12.5. The van der Waals surface area contributed by atoms with Crippen molar-refractivity contribution in [1.29, 1.82) is 0 Å². The highest BCUT2D eigenvalue weighted by Crippen LogP contribution is 2.21. The molecular weight excluding hydrogens is 252 g/mol. The molecular formula is C12H12N2O3S. The maximum Gasteiger partial charge on any atom is 0.242 e. The second-order valence-corrected chi connectivity index (χ2v) is 4.07. The minimum absolute atomic E-state index is 0.111. The van der Waals surface area contributed by atoms with Crippen molar-refractivity contribution in [1.82, 2.24) is 5.32 Å². The predicted octanol–water partition coefficient (Wildman–Crippen LogP) is 1.22. The van der Waals surface area contributed by atoms with Crippen molar-refractivity contribution in [2.75, 3.05) is 11.5 Å². The van der Waals surface area contributed by atoms with E-state index in [1.807, 2.05) is 6.92 Å². The number of amides is 2. The van der Waals surface area contributed by atoms with Gasteiger partial charge in [-0.2, -0.15) is 0 Å². The Hall–Kier alpha value is -1.95. The summed E-state index contributed by atoms with van der Waals surface area (Å²) in [5.74, 6) is 0.0285. The number of hydrogen-bond acceptors (Lipinski definition) is 4. The molecule has 1 fully saturated rings. The topological polar surface area (TPSA) is 58.6 Å². The van der Waals surface area contributed by atoms with E-state index in [2.05, 4.69) is 5.32 Å². The lowest BCUT2D eigenvalue weighted by Crippen LogP contribution is -2.52. The molecule has 1 N–H and O–H groups in total. The molecule has 1 heterocycles. The van der Waals surface area contributed by atoms with E-state index >= 15 is 0 Å². The number of benzene rings is 1. The van der Waals surface area contributed by atoms with Gasteiger partial charge in [0.1, 0.15) is 12.2 Å². The summed E-state index contributed by atoms with van der Waals surface area (Å²) in [6.45, 7) is 2.48. The van der Waals surface area contributed by atoms with Gasteiger partial charge >= 0.3 is 0 Å². The minimum Gasteiger partial charge on any atom is -0.494 e. The van der Waals surface area contributed by atoms with Crippen LogP contribution in [0.25, 0.3) is 0 Å². The van der Waals surface area contributed by atoms with Crippen LogP contribution in [0.5, 0.6) is 5.75 Å². The summed E-state index contributed by atoms with van der Waals surface area (Å²) in [5, 5.41) is 2.58. The third kappa shape index (κ3) is 2.48. The number of anilines is 1. The second-order valence-electron chi connectivity index (χ2n) is 3.69. The van der Waals surface area contributed by atoms with Crippen LogP contribution in [-0.2, 0) is 9.59 Å². The highest BCUT2D eigenvalue weighted by atomic mass is 32.1. The van der Waals surface area contributed by atoms with Gasteiger partial charge in [0.2, 0.25) is 11.8 Å². The first-order valence-corrected chi connectivity index (χ1v) is 5.92. The molecule has 2 amide bonds. The zero-order valence-electron chi connectivity index (χ0n) is 9.80. The molecule has 2 rings (SSSR count). The number of carbonyl (C=O) groups excluding carboxylic acids is 2. The zero-order chi connectivity index (χ0) is 13.1. The molecule has 18 heavy (non-hydrogen) atoms. The molecule has 0 unspecified atom stereocenters. The molecule has 1 aliphatic rings. The molecule has 1 aromatic carbocycles. The number of thiocarbonyl (C=S) groups is 1. The molecule has 1 saturated heterocycles. The molecule has 1 aromatic rings. The molecule has 6 heteroatoms. The Morgan fingerprint density at radius 3 is 2.56 bits per heavy atom. The summed E-state index contributed by atoms with van der Waals surface area (Å²) in [5.41, 5.74) is 0.619. The first-order chi connectivity index (χ1) is 8.61. The molecule has 1 aliphatic heterocycles. The van der Waals surface area contributed by atoms with Crippen LogP contribution < -0.4 is 15.0 Å². The number of rotatable bonds is 3. The summed E-state index contributed by atoms with van der Waals surface area (Å²) in [4.78, 5) is 24.2. The fourth-order valence-electron chi connectivity index (χ4n) is 1.67. The number of carbonyl (C=O) groups is 2. The first-order valence-electron chi connectivity index (χ1n) is 5.51. The summed E-state index contributed by atoms with van der Waals surface area (Å²) in [6.07, 6.45) is -0.187. The van der Waals surface area contributed by atoms with Crippen molar-refractivity contribution in [2.45, 2.75) is 13.3 Å². The van der Waals surface area contributed by atoms with Gasteiger partial charge in [-0.25, -0.2) is 0 Å². The van der Waals surface area contributed by atoms with E-state index in [9.17, 15) is 9.59 Å². The van der Waals surface area contributed by atoms with Gasteiger partial charge in [0.25, 0.3) is 0 Å². The standard InChI is InChI=1S/C12H12N2O3S/c1-2-17-9-5-3-8(4-6-9)14-11(16)7-10(15)13-12(14)18/h3-6H,2,7H2,1H3,(H,13,15,18). The summed E-state index contributed by atoms with van der Waals surface area (Å²) >= 11 is 4.99. The third-order valence-electron chi connectivity index (χ3n) is 2.42. The lowest BCUT2D eigenvalue weighted by atomic mass is 10.2. The monoisotopic (exact) mass is 264 g/mol. The Labute approximate surface area is 110 Å². The van der Waals surface area contributed by atoms with Gasteiger partial charge in [-0.15, -0.1) is 0 Å². The van der Waals surface area contributed by atoms with E-state index in [4.69, 9.17) is 17.0 Å². The van der Waals surface area contributed by atoms with Crippen LogP contribution in [-0.4, -0.2) is 23.5 Å².